The van der Waals surface area contributed by atoms with Gasteiger partial charge in [0.1, 0.15) is 9.92 Å². The van der Waals surface area contributed by atoms with Crippen LogP contribution in [0.4, 0.5) is 0 Å². The van der Waals surface area contributed by atoms with Crippen LogP contribution in [0.2, 0.25) is 0 Å². The van der Waals surface area contributed by atoms with Crippen LogP contribution in [0.25, 0.3) is 0 Å². The molecule has 1 unspecified atom stereocenters. The molecule has 0 aliphatic carbocycles. The lowest BCUT2D eigenvalue weighted by Crippen LogP contribution is -2.32. The van der Waals surface area contributed by atoms with Gasteiger partial charge in [-0.15, -0.1) is 4.36 Å². The first-order chi connectivity index (χ1) is 8.24. The summed E-state index contributed by atoms with van der Waals surface area (Å²) in [6.45, 7) is 5.69. The van der Waals surface area contributed by atoms with Crippen molar-refractivity contribution >= 4 is 27.2 Å². The number of nitrogens with two attached hydrogens (primary N) is 2. The fourth-order valence-corrected chi connectivity index (χ4v) is 4.03. The molecule has 1 rings (SSSR count). The van der Waals surface area contributed by atoms with E-state index in [-0.39, 0.29) is 5.92 Å². The molecular weight excluding hydrogens is 270 g/mol. The summed E-state index contributed by atoms with van der Waals surface area (Å²) in [6, 6.07) is -0.742. The Labute approximate surface area is 112 Å². The van der Waals surface area contributed by atoms with Crippen molar-refractivity contribution in [1.82, 2.24) is 0 Å². The van der Waals surface area contributed by atoms with E-state index in [9.17, 15) is 9.00 Å². The third-order valence-electron chi connectivity index (χ3n) is 2.39. The number of hydrogen-bond donors (Lipinski definition) is 2. The number of carbonyl (C=O) groups is 1. The van der Waals surface area contributed by atoms with E-state index in [0.717, 1.165) is 5.56 Å². The summed E-state index contributed by atoms with van der Waals surface area (Å²) in [5.41, 5.74) is 6.47. The van der Waals surface area contributed by atoms with Crippen LogP contribution in [0.5, 0.6) is 0 Å². The Hall–Kier alpha value is -0.760. The first kappa shape index (κ1) is 15.3. The Morgan fingerprint density at radius 3 is 2.56 bits per heavy atom. The van der Waals surface area contributed by atoms with Gasteiger partial charge in [0.2, 0.25) is 0 Å². The minimum Gasteiger partial charge on any atom is -0.320 e. The second-order valence-electron chi connectivity index (χ2n) is 4.65. The van der Waals surface area contributed by atoms with E-state index in [1.165, 1.54) is 11.3 Å². The Bertz CT molecular complexity index is 542. The van der Waals surface area contributed by atoms with Crippen LogP contribution < -0.4 is 10.9 Å². The Kier molecular flexibility index (Phi) is 5.03. The summed E-state index contributed by atoms with van der Waals surface area (Å²) in [7, 11) is -3.17. The van der Waals surface area contributed by atoms with E-state index in [1.807, 2.05) is 19.2 Å². The lowest BCUT2D eigenvalue weighted by Gasteiger charge is -2.10. The molecular formula is C11H19N3O2S2. The van der Waals surface area contributed by atoms with E-state index in [1.54, 1.807) is 12.3 Å². The number of rotatable bonds is 4. The number of aryl methyl sites for hydroxylation is 1. The molecule has 0 aliphatic rings. The fraction of sp³-hybridized carbons (Fsp3) is 0.545. The van der Waals surface area contributed by atoms with Crippen LogP contribution in [-0.2, 0) is 14.7 Å². The summed E-state index contributed by atoms with van der Waals surface area (Å²) in [4.78, 5) is 12.2. The van der Waals surface area contributed by atoms with Crippen LogP contribution in [0.3, 0.4) is 0 Å². The average Bonchev–Trinajstić information content (AvgIpc) is 2.63. The van der Waals surface area contributed by atoms with Crippen molar-refractivity contribution in [2.45, 2.75) is 38.1 Å². The first-order valence-electron chi connectivity index (χ1n) is 5.61. The molecule has 5 nitrogen and oxygen atoms in total. The van der Waals surface area contributed by atoms with Gasteiger partial charge in [-0.05, 0) is 30.2 Å². The summed E-state index contributed by atoms with van der Waals surface area (Å²) >= 11 is 1.38. The molecule has 1 aromatic heterocycles. The van der Waals surface area contributed by atoms with Gasteiger partial charge in [0.15, 0.2) is 0 Å². The van der Waals surface area contributed by atoms with Gasteiger partial charge in [0.05, 0.1) is 10.9 Å². The molecule has 0 saturated heterocycles. The van der Waals surface area contributed by atoms with Crippen LogP contribution in [0.15, 0.2) is 20.0 Å². The molecule has 1 amide bonds. The minimum absolute atomic E-state index is 0.274. The standard InChI is InChI=1S/C11H19N3O2S2/c1-7(2)4-9(12)11(15)14-18(13,16)10-6-17-5-8(10)3/h5-7,9H,4,12H2,1-3H3,(H2,13,14,15,16)/t9-,18?/m0/s1. The van der Waals surface area contributed by atoms with Crippen molar-refractivity contribution in [2.24, 2.45) is 21.2 Å². The highest BCUT2D eigenvalue weighted by Crippen LogP contribution is 2.19. The quantitative estimate of drug-likeness (QED) is 0.881. The molecule has 102 valence electrons. The van der Waals surface area contributed by atoms with Crippen LogP contribution >= 0.6 is 11.3 Å². The van der Waals surface area contributed by atoms with Crippen molar-refractivity contribution in [3.63, 3.8) is 0 Å². The molecule has 0 spiro atoms. The van der Waals surface area contributed by atoms with E-state index in [2.05, 4.69) is 4.36 Å². The maximum absolute atomic E-state index is 12.2. The number of amides is 1. The summed E-state index contributed by atoms with van der Waals surface area (Å²) in [6.07, 6.45) is 0.500. The summed E-state index contributed by atoms with van der Waals surface area (Å²) in [5, 5.41) is 9.11. The van der Waals surface area contributed by atoms with Crippen molar-refractivity contribution in [2.75, 3.05) is 0 Å². The van der Waals surface area contributed by atoms with Crippen molar-refractivity contribution in [3.05, 3.63) is 16.3 Å². The summed E-state index contributed by atoms with van der Waals surface area (Å²) < 4.78 is 15.8. The minimum atomic E-state index is -3.17. The highest BCUT2D eigenvalue weighted by Gasteiger charge is 2.19. The number of carbonyl (C=O) groups excluding carboxylic acids is 1. The van der Waals surface area contributed by atoms with Crippen molar-refractivity contribution in [3.8, 4) is 0 Å². The lowest BCUT2D eigenvalue weighted by molar-refractivity contribution is -0.119. The van der Waals surface area contributed by atoms with E-state index >= 15 is 0 Å². The van der Waals surface area contributed by atoms with Gasteiger partial charge >= 0.3 is 0 Å². The number of nitrogens with zero attached hydrogens (tertiary/aromatic N) is 1. The zero-order valence-electron chi connectivity index (χ0n) is 10.8. The topological polar surface area (TPSA) is 98.5 Å². The van der Waals surface area contributed by atoms with Gasteiger partial charge in [-0.25, -0.2) is 9.35 Å². The van der Waals surface area contributed by atoms with Gasteiger partial charge in [-0.1, -0.05) is 13.8 Å². The highest BCUT2D eigenvalue weighted by atomic mass is 32.2. The lowest BCUT2D eigenvalue weighted by atomic mass is 10.0. The molecule has 1 heterocycles. The number of hydrogen-bond acceptors (Lipinski definition) is 4. The SMILES string of the molecule is Cc1cscc1S(N)(=O)=NC(=O)[C@@H](N)CC(C)C. The second-order valence-corrected chi connectivity index (χ2v) is 7.16. The molecule has 0 saturated carbocycles. The van der Waals surface area contributed by atoms with Crippen molar-refractivity contribution in [1.29, 1.82) is 0 Å². The van der Waals surface area contributed by atoms with Gasteiger partial charge < -0.3 is 5.73 Å². The Morgan fingerprint density at radius 2 is 2.11 bits per heavy atom. The zero-order valence-corrected chi connectivity index (χ0v) is 12.4. The molecule has 0 radical (unpaired) electrons. The molecule has 18 heavy (non-hydrogen) atoms. The van der Waals surface area contributed by atoms with Crippen LogP contribution in [-0.4, -0.2) is 16.2 Å². The Balaban J connectivity index is 2.99. The molecule has 4 N–H and O–H groups in total. The average molecular weight is 289 g/mol. The maximum atomic E-state index is 12.2. The van der Waals surface area contributed by atoms with E-state index in [4.69, 9.17) is 10.9 Å². The summed E-state index contributed by atoms with van der Waals surface area (Å²) in [5.74, 6) is -0.322. The first-order valence-corrected chi connectivity index (χ1v) is 8.13. The zero-order chi connectivity index (χ0) is 13.9. The predicted molar refractivity (Wildman–Crippen MR) is 74.5 cm³/mol. The molecule has 0 aliphatic heterocycles. The van der Waals surface area contributed by atoms with Gasteiger partial charge in [-0.3, -0.25) is 4.79 Å². The molecule has 0 fully saturated rings. The number of thiophene rings is 1. The normalized spacial score (nSPS) is 16.3. The van der Waals surface area contributed by atoms with E-state index in [0.29, 0.717) is 11.3 Å². The molecule has 2 atom stereocenters. The highest BCUT2D eigenvalue weighted by molar-refractivity contribution is 7.91. The monoisotopic (exact) mass is 289 g/mol. The molecule has 0 aromatic carbocycles. The third-order valence-corrected chi connectivity index (χ3v) is 4.92. The smallest absolute Gasteiger partial charge is 0.271 e. The van der Waals surface area contributed by atoms with Gasteiger partial charge in [-0.2, -0.15) is 11.3 Å². The van der Waals surface area contributed by atoms with Gasteiger partial charge in [0, 0.05) is 5.38 Å². The largest absolute Gasteiger partial charge is 0.320 e. The van der Waals surface area contributed by atoms with Crippen LogP contribution in [0, 0.1) is 12.8 Å². The third kappa shape index (κ3) is 3.88. The predicted octanol–water partition coefficient (Wildman–Crippen LogP) is 1.66. The van der Waals surface area contributed by atoms with Gasteiger partial charge in [0.25, 0.3) is 5.91 Å². The van der Waals surface area contributed by atoms with Crippen molar-refractivity contribution < 1.29 is 9.00 Å². The molecule has 7 heteroatoms. The Morgan fingerprint density at radius 1 is 1.50 bits per heavy atom. The molecule has 0 bridgehead atoms. The maximum Gasteiger partial charge on any atom is 0.271 e. The second kappa shape index (κ2) is 5.92. The van der Waals surface area contributed by atoms with Crippen LogP contribution in [0.1, 0.15) is 25.8 Å². The van der Waals surface area contributed by atoms with E-state index < -0.39 is 21.9 Å². The fourth-order valence-electron chi connectivity index (χ4n) is 1.51. The molecule has 1 aromatic rings.